The van der Waals surface area contributed by atoms with Crippen molar-refractivity contribution in [2.24, 2.45) is 7.05 Å². The van der Waals surface area contributed by atoms with Crippen LogP contribution in [0.15, 0.2) is 36.4 Å². The number of amides is 1. The van der Waals surface area contributed by atoms with Crippen molar-refractivity contribution in [1.82, 2.24) is 15.0 Å². The highest BCUT2D eigenvalue weighted by atomic mass is 16.5. The van der Waals surface area contributed by atoms with Crippen LogP contribution in [0.3, 0.4) is 0 Å². The summed E-state index contributed by atoms with van der Waals surface area (Å²) in [4.78, 5) is 12.4. The number of anilines is 1. The minimum absolute atomic E-state index is 0.232. The topological polar surface area (TPSA) is 78.3 Å². The largest absolute Gasteiger partial charge is 0.493 e. The van der Waals surface area contributed by atoms with Crippen molar-refractivity contribution in [2.45, 2.75) is 0 Å². The maximum Gasteiger partial charge on any atom is 0.255 e. The second kappa shape index (κ2) is 5.96. The van der Waals surface area contributed by atoms with Crippen LogP contribution in [0, 0.1) is 0 Å². The summed E-state index contributed by atoms with van der Waals surface area (Å²) in [6.07, 6.45) is 0. The quantitative estimate of drug-likeness (QED) is 0.799. The molecule has 0 saturated carbocycles. The molecule has 7 nitrogen and oxygen atoms in total. The van der Waals surface area contributed by atoms with Gasteiger partial charge in [0.15, 0.2) is 11.5 Å². The zero-order valence-corrected chi connectivity index (χ0v) is 13.0. The molecule has 3 aromatic rings. The lowest BCUT2D eigenvalue weighted by Gasteiger charge is -2.10. The predicted octanol–water partition coefficient (Wildman–Crippen LogP) is 2.24. The van der Waals surface area contributed by atoms with Gasteiger partial charge in [-0.3, -0.25) is 4.79 Å². The van der Waals surface area contributed by atoms with Crippen LogP contribution in [0.25, 0.3) is 11.0 Å². The smallest absolute Gasteiger partial charge is 0.255 e. The van der Waals surface area contributed by atoms with Crippen LogP contribution in [0.1, 0.15) is 10.4 Å². The Bertz CT molecular complexity index is 873. The molecule has 1 N–H and O–H groups in total. The third-order valence-electron chi connectivity index (χ3n) is 3.51. The van der Waals surface area contributed by atoms with Gasteiger partial charge in [0.05, 0.1) is 19.7 Å². The highest BCUT2D eigenvalue weighted by molar-refractivity contribution is 6.06. The molecule has 0 aliphatic heterocycles. The van der Waals surface area contributed by atoms with E-state index in [0.29, 0.717) is 28.3 Å². The molecule has 0 saturated heterocycles. The fourth-order valence-electron chi connectivity index (χ4n) is 2.30. The Kier molecular flexibility index (Phi) is 3.84. The van der Waals surface area contributed by atoms with E-state index in [0.717, 1.165) is 5.52 Å². The highest BCUT2D eigenvalue weighted by Crippen LogP contribution is 2.30. The number of nitrogens with one attached hydrogen (secondary N) is 1. The number of fused-ring (bicyclic) bond motifs is 1. The van der Waals surface area contributed by atoms with E-state index in [2.05, 4.69) is 15.6 Å². The Morgan fingerprint density at radius 1 is 1.09 bits per heavy atom. The highest BCUT2D eigenvalue weighted by Gasteiger charge is 2.11. The molecule has 0 atom stereocenters. The fourth-order valence-corrected chi connectivity index (χ4v) is 2.30. The standard InChI is InChI=1S/C16H16N4O3/c1-20-13-6-4-10(8-12(13)18-19-20)16(21)17-11-5-7-14(22-2)15(9-11)23-3/h4-9H,1-3H3,(H,17,21). The van der Waals surface area contributed by atoms with Crippen LogP contribution >= 0.6 is 0 Å². The molecule has 0 fully saturated rings. The van der Waals surface area contributed by atoms with E-state index < -0.39 is 0 Å². The van der Waals surface area contributed by atoms with E-state index in [1.807, 2.05) is 6.07 Å². The molecule has 0 aliphatic rings. The van der Waals surface area contributed by atoms with Crippen LogP contribution < -0.4 is 14.8 Å². The lowest BCUT2D eigenvalue weighted by Crippen LogP contribution is -2.12. The number of hydrogen-bond acceptors (Lipinski definition) is 5. The molecule has 7 heteroatoms. The molecule has 0 spiro atoms. The summed E-state index contributed by atoms with van der Waals surface area (Å²) in [5.41, 5.74) is 2.67. The molecule has 1 aromatic heterocycles. The van der Waals surface area contributed by atoms with Crippen LogP contribution in [-0.4, -0.2) is 35.1 Å². The fraction of sp³-hybridized carbons (Fsp3) is 0.188. The monoisotopic (exact) mass is 312 g/mol. The van der Waals surface area contributed by atoms with Gasteiger partial charge in [-0.1, -0.05) is 5.21 Å². The SMILES string of the molecule is COc1ccc(NC(=O)c2ccc3c(c2)nnn3C)cc1OC. The number of carbonyl (C=O) groups excluding carboxylic acids is 1. The number of ether oxygens (including phenoxy) is 2. The van der Waals surface area contributed by atoms with Crippen LogP contribution in [0.2, 0.25) is 0 Å². The normalized spacial score (nSPS) is 10.6. The number of aromatic nitrogens is 3. The first-order valence-corrected chi connectivity index (χ1v) is 6.95. The molecule has 0 bridgehead atoms. The number of hydrogen-bond donors (Lipinski definition) is 1. The average molecular weight is 312 g/mol. The molecule has 2 aromatic carbocycles. The van der Waals surface area contributed by atoms with Gasteiger partial charge in [-0.05, 0) is 30.3 Å². The van der Waals surface area contributed by atoms with Crippen molar-refractivity contribution in [1.29, 1.82) is 0 Å². The molecular weight excluding hydrogens is 296 g/mol. The number of nitrogens with zero attached hydrogens (tertiary/aromatic N) is 3. The molecule has 3 rings (SSSR count). The van der Waals surface area contributed by atoms with Gasteiger partial charge < -0.3 is 14.8 Å². The van der Waals surface area contributed by atoms with Gasteiger partial charge in [0, 0.05) is 24.4 Å². The predicted molar refractivity (Wildman–Crippen MR) is 86.0 cm³/mol. The Morgan fingerprint density at radius 2 is 1.87 bits per heavy atom. The van der Waals surface area contributed by atoms with Crippen LogP contribution in [0.5, 0.6) is 11.5 Å². The number of benzene rings is 2. The van der Waals surface area contributed by atoms with Crippen molar-refractivity contribution >= 4 is 22.6 Å². The van der Waals surface area contributed by atoms with Gasteiger partial charge in [0.1, 0.15) is 5.52 Å². The summed E-state index contributed by atoms with van der Waals surface area (Å²) in [6, 6.07) is 10.5. The molecular formula is C16H16N4O3. The van der Waals surface area contributed by atoms with E-state index >= 15 is 0 Å². The Balaban J connectivity index is 1.85. The minimum atomic E-state index is -0.232. The minimum Gasteiger partial charge on any atom is -0.493 e. The Morgan fingerprint density at radius 3 is 2.61 bits per heavy atom. The van der Waals surface area contributed by atoms with Gasteiger partial charge in [-0.2, -0.15) is 0 Å². The average Bonchev–Trinajstić information content (AvgIpc) is 2.95. The van der Waals surface area contributed by atoms with E-state index in [1.54, 1.807) is 56.3 Å². The lowest BCUT2D eigenvalue weighted by atomic mass is 10.1. The van der Waals surface area contributed by atoms with Gasteiger partial charge in [0.25, 0.3) is 5.91 Å². The maximum absolute atomic E-state index is 12.4. The molecule has 118 valence electrons. The summed E-state index contributed by atoms with van der Waals surface area (Å²) in [7, 11) is 4.91. The van der Waals surface area contributed by atoms with E-state index in [-0.39, 0.29) is 5.91 Å². The first-order chi connectivity index (χ1) is 11.1. The zero-order valence-electron chi connectivity index (χ0n) is 13.0. The summed E-state index contributed by atoms with van der Waals surface area (Å²) < 4.78 is 12.1. The number of carbonyl (C=O) groups is 1. The second-order valence-corrected chi connectivity index (χ2v) is 4.94. The molecule has 0 aliphatic carbocycles. The van der Waals surface area contributed by atoms with Crippen molar-refractivity contribution < 1.29 is 14.3 Å². The third-order valence-corrected chi connectivity index (χ3v) is 3.51. The molecule has 23 heavy (non-hydrogen) atoms. The summed E-state index contributed by atoms with van der Waals surface area (Å²) in [5, 5.41) is 10.8. The number of methoxy groups -OCH3 is 2. The van der Waals surface area contributed by atoms with Gasteiger partial charge >= 0.3 is 0 Å². The van der Waals surface area contributed by atoms with Crippen molar-refractivity contribution in [2.75, 3.05) is 19.5 Å². The number of rotatable bonds is 4. The Labute approximate surface area is 132 Å². The second-order valence-electron chi connectivity index (χ2n) is 4.94. The van der Waals surface area contributed by atoms with Gasteiger partial charge in [-0.15, -0.1) is 5.10 Å². The van der Waals surface area contributed by atoms with Gasteiger partial charge in [-0.25, -0.2) is 4.68 Å². The first-order valence-electron chi connectivity index (χ1n) is 6.95. The van der Waals surface area contributed by atoms with Crippen LogP contribution in [0.4, 0.5) is 5.69 Å². The Hall–Kier alpha value is -3.09. The van der Waals surface area contributed by atoms with Crippen molar-refractivity contribution in [3.05, 3.63) is 42.0 Å². The summed E-state index contributed by atoms with van der Waals surface area (Å²) >= 11 is 0. The van der Waals surface area contributed by atoms with Gasteiger partial charge in [0.2, 0.25) is 0 Å². The van der Waals surface area contributed by atoms with E-state index in [9.17, 15) is 4.79 Å². The van der Waals surface area contributed by atoms with Crippen LogP contribution in [-0.2, 0) is 7.05 Å². The van der Waals surface area contributed by atoms with E-state index in [4.69, 9.17) is 9.47 Å². The zero-order chi connectivity index (χ0) is 16.4. The molecule has 0 unspecified atom stereocenters. The maximum atomic E-state index is 12.4. The molecule has 1 amide bonds. The van der Waals surface area contributed by atoms with Crippen molar-refractivity contribution in [3.63, 3.8) is 0 Å². The summed E-state index contributed by atoms with van der Waals surface area (Å²) in [5.74, 6) is 0.922. The third kappa shape index (κ3) is 2.80. The number of aryl methyl sites for hydroxylation is 1. The van der Waals surface area contributed by atoms with E-state index in [1.165, 1.54) is 0 Å². The van der Waals surface area contributed by atoms with Crippen molar-refractivity contribution in [3.8, 4) is 11.5 Å². The molecule has 1 heterocycles. The summed E-state index contributed by atoms with van der Waals surface area (Å²) in [6.45, 7) is 0. The first kappa shape index (κ1) is 14.8. The molecule has 0 radical (unpaired) electrons. The lowest BCUT2D eigenvalue weighted by molar-refractivity contribution is 0.102.